The fraction of sp³-hybridized carbons (Fsp3) is 0.300. The quantitative estimate of drug-likeness (QED) is 0.683. The van der Waals surface area contributed by atoms with Gasteiger partial charge in [-0.1, -0.05) is 60.7 Å². The van der Waals surface area contributed by atoms with E-state index in [9.17, 15) is 19.8 Å². The van der Waals surface area contributed by atoms with Crippen LogP contribution in [0.4, 0.5) is 0 Å². The number of ketones is 2. The summed E-state index contributed by atoms with van der Waals surface area (Å²) in [5.41, 5.74) is 0.956. The Morgan fingerprint density at radius 1 is 0.800 bits per heavy atom. The van der Waals surface area contributed by atoms with E-state index in [1.807, 2.05) is 0 Å². The number of carbonyl (C=O) groups is 2. The van der Waals surface area contributed by atoms with Crippen molar-refractivity contribution in [1.82, 2.24) is 0 Å². The minimum absolute atomic E-state index is 0.195. The van der Waals surface area contributed by atoms with Gasteiger partial charge in [0.25, 0.3) is 0 Å². The van der Waals surface area contributed by atoms with Crippen LogP contribution in [-0.4, -0.2) is 47.2 Å². The summed E-state index contributed by atoms with van der Waals surface area (Å²) in [5, 5.41) is 20.6. The van der Waals surface area contributed by atoms with Crippen LogP contribution in [0.1, 0.15) is 33.6 Å². The number of hydrogen-bond acceptors (Lipinski definition) is 5. The van der Waals surface area contributed by atoms with E-state index < -0.39 is 18.3 Å². The largest absolute Gasteiger partial charge is 0.390 e. The third-order valence-electron chi connectivity index (χ3n) is 4.01. The number of ether oxygens (including phenoxy) is 1. The Morgan fingerprint density at radius 2 is 1.16 bits per heavy atom. The molecule has 2 rings (SSSR count). The van der Waals surface area contributed by atoms with Gasteiger partial charge in [-0.3, -0.25) is 9.59 Å². The van der Waals surface area contributed by atoms with E-state index in [1.165, 1.54) is 7.11 Å². The first-order chi connectivity index (χ1) is 12.0. The molecule has 0 radical (unpaired) electrons. The molecule has 0 spiro atoms. The second-order valence-electron chi connectivity index (χ2n) is 5.82. The molecule has 2 aromatic carbocycles. The Balaban J connectivity index is 1.97. The summed E-state index contributed by atoms with van der Waals surface area (Å²) < 4.78 is 5.14. The van der Waals surface area contributed by atoms with Crippen LogP contribution in [-0.2, 0) is 4.74 Å². The van der Waals surface area contributed by atoms with Crippen molar-refractivity contribution in [2.45, 2.75) is 31.2 Å². The van der Waals surface area contributed by atoms with Gasteiger partial charge in [0, 0.05) is 31.1 Å². The molecule has 5 heteroatoms. The molecular formula is C20H22O5. The first-order valence-electron chi connectivity index (χ1n) is 8.08. The third kappa shape index (κ3) is 5.32. The molecule has 0 aliphatic carbocycles. The predicted octanol–water partition coefficient (Wildman–Crippen LogP) is 2.27. The van der Waals surface area contributed by atoms with Gasteiger partial charge in [0.15, 0.2) is 11.6 Å². The molecule has 132 valence electrons. The molecule has 5 nitrogen and oxygen atoms in total. The highest BCUT2D eigenvalue weighted by atomic mass is 16.5. The van der Waals surface area contributed by atoms with Crippen LogP contribution in [0.25, 0.3) is 0 Å². The molecule has 25 heavy (non-hydrogen) atoms. The lowest BCUT2D eigenvalue weighted by molar-refractivity contribution is -0.0796. The Kier molecular flexibility index (Phi) is 7.01. The van der Waals surface area contributed by atoms with Crippen LogP contribution in [0.15, 0.2) is 60.7 Å². The molecule has 0 saturated carbocycles. The van der Waals surface area contributed by atoms with E-state index in [0.29, 0.717) is 11.1 Å². The van der Waals surface area contributed by atoms with Crippen LogP contribution in [0.2, 0.25) is 0 Å². The Hall–Kier alpha value is -2.34. The van der Waals surface area contributed by atoms with Gasteiger partial charge in [-0.05, 0) is 0 Å². The zero-order valence-corrected chi connectivity index (χ0v) is 14.0. The van der Waals surface area contributed by atoms with Crippen molar-refractivity contribution in [2.75, 3.05) is 7.11 Å². The molecule has 0 fully saturated rings. The average Bonchev–Trinajstić information content (AvgIpc) is 2.63. The molecule has 0 aliphatic rings. The van der Waals surface area contributed by atoms with Crippen molar-refractivity contribution >= 4 is 11.6 Å². The lowest BCUT2D eigenvalue weighted by Gasteiger charge is -2.25. The number of Topliss-reactive ketones (excluding diaryl/α,β-unsaturated/α-hetero) is 2. The predicted molar refractivity (Wildman–Crippen MR) is 93.6 cm³/mol. The van der Waals surface area contributed by atoms with Gasteiger partial charge in [0.2, 0.25) is 0 Å². The summed E-state index contributed by atoms with van der Waals surface area (Å²) in [6.45, 7) is 0. The van der Waals surface area contributed by atoms with E-state index in [4.69, 9.17) is 4.74 Å². The van der Waals surface area contributed by atoms with Gasteiger partial charge < -0.3 is 14.9 Å². The Labute approximate surface area is 146 Å². The zero-order chi connectivity index (χ0) is 18.2. The lowest BCUT2D eigenvalue weighted by atomic mass is 9.95. The van der Waals surface area contributed by atoms with Crippen molar-refractivity contribution in [2.24, 2.45) is 0 Å². The fourth-order valence-corrected chi connectivity index (χ4v) is 2.67. The summed E-state index contributed by atoms with van der Waals surface area (Å²) in [7, 11) is 1.33. The molecule has 0 bridgehead atoms. The average molecular weight is 342 g/mol. The number of aliphatic hydroxyl groups excluding tert-OH is 2. The van der Waals surface area contributed by atoms with Crippen molar-refractivity contribution in [3.8, 4) is 0 Å². The van der Waals surface area contributed by atoms with Crippen LogP contribution in [0.5, 0.6) is 0 Å². The van der Waals surface area contributed by atoms with Crippen LogP contribution < -0.4 is 0 Å². The fourth-order valence-electron chi connectivity index (χ4n) is 2.67. The highest BCUT2D eigenvalue weighted by Gasteiger charge is 2.30. The van der Waals surface area contributed by atoms with E-state index in [-0.39, 0.29) is 24.4 Å². The number of hydrogen-bond donors (Lipinski definition) is 2. The van der Waals surface area contributed by atoms with Gasteiger partial charge >= 0.3 is 0 Å². The number of carbonyl (C=O) groups excluding carboxylic acids is 2. The second-order valence-corrected chi connectivity index (χ2v) is 5.82. The third-order valence-corrected chi connectivity index (χ3v) is 4.01. The zero-order valence-electron chi connectivity index (χ0n) is 14.0. The molecule has 0 amide bonds. The van der Waals surface area contributed by atoms with Crippen molar-refractivity contribution in [3.63, 3.8) is 0 Å². The molecule has 2 unspecified atom stereocenters. The van der Waals surface area contributed by atoms with Gasteiger partial charge in [0.1, 0.15) is 6.10 Å². The molecule has 0 heterocycles. The van der Waals surface area contributed by atoms with Gasteiger partial charge in [-0.25, -0.2) is 0 Å². The Bertz CT molecular complexity index is 624. The summed E-state index contributed by atoms with van der Waals surface area (Å²) >= 11 is 0. The summed E-state index contributed by atoms with van der Waals surface area (Å²) in [5.74, 6) is -0.506. The van der Waals surface area contributed by atoms with Crippen molar-refractivity contribution in [1.29, 1.82) is 0 Å². The smallest absolute Gasteiger partial charge is 0.165 e. The minimum Gasteiger partial charge on any atom is -0.390 e. The van der Waals surface area contributed by atoms with Crippen LogP contribution in [0.3, 0.4) is 0 Å². The number of aliphatic hydroxyl groups is 2. The summed E-state index contributed by atoms with van der Waals surface area (Å²) in [6.07, 6.45) is -3.84. The standard InChI is InChI=1S/C20H22O5/c1-25-20(18(23)12-16(21)14-8-4-2-5-9-14)19(24)13-17(22)15-10-6-3-7-11-15/h2-11,18-20,23-24H,12-13H2,1H3. The SMILES string of the molecule is COC(C(O)CC(=O)c1ccccc1)C(O)CC(=O)c1ccccc1. The van der Waals surface area contributed by atoms with Crippen LogP contribution in [0, 0.1) is 0 Å². The molecule has 0 saturated heterocycles. The highest BCUT2D eigenvalue weighted by Crippen LogP contribution is 2.16. The first kappa shape index (κ1) is 19.0. The monoisotopic (exact) mass is 342 g/mol. The van der Waals surface area contributed by atoms with E-state index in [2.05, 4.69) is 0 Å². The minimum atomic E-state index is -1.21. The molecule has 2 aromatic rings. The second kappa shape index (κ2) is 9.22. The molecule has 0 aliphatic heterocycles. The normalized spacial score (nSPS) is 14.5. The molecular weight excluding hydrogens is 320 g/mol. The van der Waals surface area contributed by atoms with Gasteiger partial charge in [-0.2, -0.15) is 0 Å². The summed E-state index contributed by atoms with van der Waals surface area (Å²) in [6, 6.07) is 17.2. The van der Waals surface area contributed by atoms with E-state index in [0.717, 1.165) is 0 Å². The number of benzene rings is 2. The van der Waals surface area contributed by atoms with Gasteiger partial charge in [0.05, 0.1) is 12.2 Å². The van der Waals surface area contributed by atoms with Crippen molar-refractivity contribution in [3.05, 3.63) is 71.8 Å². The van der Waals surface area contributed by atoms with Crippen LogP contribution >= 0.6 is 0 Å². The maximum Gasteiger partial charge on any atom is 0.165 e. The maximum atomic E-state index is 12.2. The first-order valence-corrected chi connectivity index (χ1v) is 8.08. The highest BCUT2D eigenvalue weighted by molar-refractivity contribution is 5.97. The van der Waals surface area contributed by atoms with E-state index >= 15 is 0 Å². The lowest BCUT2D eigenvalue weighted by Crippen LogP contribution is -2.41. The molecule has 0 aromatic heterocycles. The number of methoxy groups -OCH3 is 1. The topological polar surface area (TPSA) is 83.8 Å². The summed E-state index contributed by atoms with van der Waals surface area (Å²) in [4.78, 5) is 24.4. The molecule has 2 N–H and O–H groups in total. The Morgan fingerprint density at radius 3 is 1.48 bits per heavy atom. The number of rotatable bonds is 9. The maximum absolute atomic E-state index is 12.2. The van der Waals surface area contributed by atoms with E-state index in [1.54, 1.807) is 60.7 Å². The molecule has 2 atom stereocenters. The van der Waals surface area contributed by atoms with Crippen molar-refractivity contribution < 1.29 is 24.5 Å². The van der Waals surface area contributed by atoms with Gasteiger partial charge in [-0.15, -0.1) is 0 Å².